The van der Waals surface area contributed by atoms with Gasteiger partial charge >= 0.3 is 5.97 Å². The van der Waals surface area contributed by atoms with Crippen molar-refractivity contribution >= 4 is 11.8 Å². The zero-order chi connectivity index (χ0) is 21.8. The molecule has 0 aromatic carbocycles. The predicted octanol–water partition coefficient (Wildman–Crippen LogP) is 5.31. The van der Waals surface area contributed by atoms with E-state index >= 15 is 0 Å². The van der Waals surface area contributed by atoms with Crippen LogP contribution in [-0.2, 0) is 19.2 Å². The normalized spacial score (nSPS) is 30.3. The van der Waals surface area contributed by atoms with Gasteiger partial charge in [-0.25, -0.2) is 0 Å². The number of carbonyl (C=O) groups is 2. The minimum Gasteiger partial charge on any atom is -0.465 e. The molecule has 5 heteroatoms. The van der Waals surface area contributed by atoms with Gasteiger partial charge in [0.1, 0.15) is 5.78 Å². The van der Waals surface area contributed by atoms with Crippen LogP contribution in [0.1, 0.15) is 101 Å². The first-order valence-electron chi connectivity index (χ1n) is 11.1. The van der Waals surface area contributed by atoms with Gasteiger partial charge in [-0.1, -0.05) is 41.0 Å². The van der Waals surface area contributed by atoms with Crippen LogP contribution >= 0.6 is 0 Å². The number of carbonyl (C=O) groups excluding carboxylic acids is 2. The van der Waals surface area contributed by atoms with E-state index in [0.29, 0.717) is 19.4 Å². The van der Waals surface area contributed by atoms with Gasteiger partial charge < -0.3 is 4.74 Å². The van der Waals surface area contributed by atoms with E-state index < -0.39 is 16.7 Å². The third kappa shape index (κ3) is 4.96. The lowest BCUT2D eigenvalue weighted by Crippen LogP contribution is -2.68. The van der Waals surface area contributed by atoms with Crippen LogP contribution < -0.4 is 0 Å². The SMILES string of the molecule is CCCCOC(=O)C(CC)C(C)(C)ON1C(C)(CC)CC(=O)C(C)C1(C)CC. The second-order valence-corrected chi connectivity index (χ2v) is 9.40. The van der Waals surface area contributed by atoms with E-state index in [2.05, 4.69) is 39.7 Å². The van der Waals surface area contributed by atoms with Crippen molar-refractivity contribution in [2.45, 2.75) is 118 Å². The molecule has 1 rings (SSSR count). The molecule has 0 radical (unpaired) electrons. The van der Waals surface area contributed by atoms with Crippen molar-refractivity contribution in [3.8, 4) is 0 Å². The minimum atomic E-state index is -0.731. The second-order valence-electron chi connectivity index (χ2n) is 9.40. The predicted molar refractivity (Wildman–Crippen MR) is 113 cm³/mol. The maximum atomic E-state index is 12.7. The van der Waals surface area contributed by atoms with Crippen LogP contribution in [0, 0.1) is 11.8 Å². The maximum Gasteiger partial charge on any atom is 0.311 e. The number of hydrogen-bond acceptors (Lipinski definition) is 5. The topological polar surface area (TPSA) is 55.8 Å². The molecule has 0 aromatic rings. The van der Waals surface area contributed by atoms with E-state index in [1.807, 2.05) is 27.7 Å². The highest BCUT2D eigenvalue weighted by molar-refractivity contribution is 5.84. The average Bonchev–Trinajstić information content (AvgIpc) is 2.64. The summed E-state index contributed by atoms with van der Waals surface area (Å²) in [6.45, 7) is 18.9. The van der Waals surface area contributed by atoms with Crippen molar-refractivity contribution in [2.75, 3.05) is 6.61 Å². The largest absolute Gasteiger partial charge is 0.465 e. The summed E-state index contributed by atoms with van der Waals surface area (Å²) < 4.78 is 5.51. The Kier molecular flexibility index (Phi) is 8.70. The molecule has 1 saturated heterocycles. The van der Waals surface area contributed by atoms with Gasteiger partial charge in [0.15, 0.2) is 0 Å². The van der Waals surface area contributed by atoms with Gasteiger partial charge in [0.2, 0.25) is 0 Å². The quantitative estimate of drug-likeness (QED) is 0.369. The Labute approximate surface area is 172 Å². The van der Waals surface area contributed by atoms with Crippen molar-refractivity contribution in [2.24, 2.45) is 11.8 Å². The molecule has 4 unspecified atom stereocenters. The van der Waals surface area contributed by atoms with Gasteiger partial charge in [-0.15, -0.1) is 0 Å². The van der Waals surface area contributed by atoms with Crippen LogP contribution in [0.25, 0.3) is 0 Å². The van der Waals surface area contributed by atoms with Crippen molar-refractivity contribution in [1.82, 2.24) is 5.06 Å². The molecule has 1 fully saturated rings. The number of hydroxylamine groups is 2. The Morgan fingerprint density at radius 1 is 1.21 bits per heavy atom. The summed E-state index contributed by atoms with van der Waals surface area (Å²) in [7, 11) is 0. The van der Waals surface area contributed by atoms with E-state index in [4.69, 9.17) is 9.57 Å². The summed E-state index contributed by atoms with van der Waals surface area (Å²) in [6, 6.07) is 0. The van der Waals surface area contributed by atoms with Gasteiger partial charge in [-0.3, -0.25) is 14.4 Å². The number of rotatable bonds is 10. The van der Waals surface area contributed by atoms with Crippen LogP contribution in [0.15, 0.2) is 0 Å². The molecule has 164 valence electrons. The molecule has 0 saturated carbocycles. The van der Waals surface area contributed by atoms with Gasteiger partial charge in [-0.2, -0.15) is 5.06 Å². The molecule has 0 spiro atoms. The molecule has 0 N–H and O–H groups in total. The molecule has 0 bridgehead atoms. The Morgan fingerprint density at radius 3 is 2.29 bits per heavy atom. The molecule has 0 aliphatic carbocycles. The Hall–Kier alpha value is -0.940. The van der Waals surface area contributed by atoms with Crippen molar-refractivity contribution in [1.29, 1.82) is 0 Å². The average molecular weight is 398 g/mol. The zero-order valence-electron chi connectivity index (χ0n) is 19.7. The first-order valence-corrected chi connectivity index (χ1v) is 11.1. The minimum absolute atomic E-state index is 0.121. The summed E-state index contributed by atoms with van der Waals surface area (Å²) >= 11 is 0. The van der Waals surface area contributed by atoms with Crippen LogP contribution in [0.3, 0.4) is 0 Å². The van der Waals surface area contributed by atoms with E-state index in [-0.39, 0.29) is 23.6 Å². The second kappa shape index (κ2) is 9.71. The summed E-state index contributed by atoms with van der Waals surface area (Å²) in [5.41, 5.74) is -1.54. The highest BCUT2D eigenvalue weighted by atomic mass is 16.7. The smallest absolute Gasteiger partial charge is 0.311 e. The zero-order valence-corrected chi connectivity index (χ0v) is 19.7. The number of Topliss-reactive ketones (excluding diaryl/α,β-unsaturated/α-hetero) is 1. The summed E-state index contributed by atoms with van der Waals surface area (Å²) in [5.74, 6) is -0.389. The Morgan fingerprint density at radius 2 is 1.82 bits per heavy atom. The Balaban J connectivity index is 3.19. The van der Waals surface area contributed by atoms with Gasteiger partial charge in [0.25, 0.3) is 0 Å². The van der Waals surface area contributed by atoms with Crippen molar-refractivity contribution < 1.29 is 19.2 Å². The van der Waals surface area contributed by atoms with E-state index in [9.17, 15) is 9.59 Å². The number of piperidine rings is 1. The van der Waals surface area contributed by atoms with Gasteiger partial charge in [-0.05, 0) is 53.4 Å². The lowest BCUT2D eigenvalue weighted by molar-refractivity contribution is -0.346. The summed E-state index contributed by atoms with van der Waals surface area (Å²) in [5, 5.41) is 2.06. The molecule has 28 heavy (non-hydrogen) atoms. The monoisotopic (exact) mass is 397 g/mol. The molecule has 5 nitrogen and oxygen atoms in total. The molecular weight excluding hydrogens is 354 g/mol. The number of ketones is 1. The van der Waals surface area contributed by atoms with Crippen molar-refractivity contribution in [3.63, 3.8) is 0 Å². The first-order chi connectivity index (χ1) is 12.9. The molecule has 0 amide bonds. The van der Waals surface area contributed by atoms with E-state index in [1.165, 1.54) is 0 Å². The third-order valence-electron chi connectivity index (χ3n) is 7.00. The van der Waals surface area contributed by atoms with Gasteiger partial charge in [0.05, 0.1) is 29.2 Å². The van der Waals surface area contributed by atoms with E-state index in [0.717, 1.165) is 25.7 Å². The van der Waals surface area contributed by atoms with Gasteiger partial charge in [0, 0.05) is 12.3 Å². The van der Waals surface area contributed by atoms with Crippen LogP contribution in [0.2, 0.25) is 0 Å². The highest BCUT2D eigenvalue weighted by Gasteiger charge is 2.55. The molecule has 1 aliphatic heterocycles. The summed E-state index contributed by atoms with van der Waals surface area (Å²) in [6.07, 6.45) is 4.57. The molecule has 4 atom stereocenters. The Bertz CT molecular complexity index is 547. The number of unbranched alkanes of at least 4 members (excludes halogenated alkanes) is 1. The van der Waals surface area contributed by atoms with Crippen LogP contribution in [0.4, 0.5) is 0 Å². The number of nitrogens with zero attached hydrogens (tertiary/aromatic N) is 1. The molecule has 1 aliphatic rings. The number of ether oxygens (including phenoxy) is 1. The first kappa shape index (κ1) is 25.1. The van der Waals surface area contributed by atoms with Crippen LogP contribution in [0.5, 0.6) is 0 Å². The fourth-order valence-corrected chi connectivity index (χ4v) is 4.33. The molecule has 0 aromatic heterocycles. The number of hydrogen-bond donors (Lipinski definition) is 0. The van der Waals surface area contributed by atoms with Crippen molar-refractivity contribution in [3.05, 3.63) is 0 Å². The maximum absolute atomic E-state index is 12.7. The van der Waals surface area contributed by atoms with E-state index in [1.54, 1.807) is 0 Å². The fourth-order valence-electron chi connectivity index (χ4n) is 4.33. The highest BCUT2D eigenvalue weighted by Crippen LogP contribution is 2.46. The standard InChI is InChI=1S/C23H43NO4/c1-10-14-15-27-20(26)18(11-2)21(6,7)28-24-22(8,12-3)16-19(25)17(5)23(24,9)13-4/h17-18H,10-16H2,1-9H3. The lowest BCUT2D eigenvalue weighted by Gasteiger charge is -2.58. The number of esters is 1. The molecule has 1 heterocycles. The lowest BCUT2D eigenvalue weighted by atomic mass is 9.70. The summed E-state index contributed by atoms with van der Waals surface area (Å²) in [4.78, 5) is 32.2. The fraction of sp³-hybridized carbons (Fsp3) is 0.913. The van der Waals surface area contributed by atoms with Crippen LogP contribution in [-0.4, -0.2) is 40.1 Å². The third-order valence-corrected chi connectivity index (χ3v) is 7.00. The molecular formula is C23H43NO4.